The van der Waals surface area contributed by atoms with E-state index in [0.717, 1.165) is 43.4 Å². The van der Waals surface area contributed by atoms with Crippen molar-refractivity contribution in [2.75, 3.05) is 5.32 Å². The molecule has 1 aromatic heterocycles. The van der Waals surface area contributed by atoms with Gasteiger partial charge in [-0.2, -0.15) is 10.4 Å². The van der Waals surface area contributed by atoms with Gasteiger partial charge >= 0.3 is 0 Å². The molecular weight excluding hydrogens is 238 g/mol. The summed E-state index contributed by atoms with van der Waals surface area (Å²) in [5.41, 5.74) is 8.61. The predicted molar refractivity (Wildman–Crippen MR) is 74.7 cm³/mol. The maximum absolute atomic E-state index is 9.40. The molecule has 2 atom stereocenters. The van der Waals surface area contributed by atoms with Crippen LogP contribution in [0.15, 0.2) is 0 Å². The summed E-state index contributed by atoms with van der Waals surface area (Å²) in [6, 6.07) is 2.62. The van der Waals surface area contributed by atoms with E-state index in [1.807, 2.05) is 13.8 Å². The van der Waals surface area contributed by atoms with Crippen LogP contribution in [-0.4, -0.2) is 22.3 Å². The third-order valence-electron chi connectivity index (χ3n) is 3.85. The van der Waals surface area contributed by atoms with Crippen LogP contribution in [0.1, 0.15) is 49.9 Å². The molecule has 0 bridgehead atoms. The van der Waals surface area contributed by atoms with E-state index >= 15 is 0 Å². The molecule has 1 aromatic rings. The van der Waals surface area contributed by atoms with E-state index in [2.05, 4.69) is 21.6 Å². The summed E-state index contributed by atoms with van der Waals surface area (Å²) in [5, 5.41) is 21.1. The van der Waals surface area contributed by atoms with Crippen LogP contribution in [0.2, 0.25) is 0 Å². The van der Waals surface area contributed by atoms with Crippen LogP contribution < -0.4 is 11.1 Å². The monoisotopic (exact) mass is 259 g/mol. The molecular formula is C14H21N5. The van der Waals surface area contributed by atoms with Gasteiger partial charge in [0.2, 0.25) is 0 Å². The Morgan fingerprint density at radius 2 is 2.11 bits per heavy atom. The van der Waals surface area contributed by atoms with Crippen LogP contribution in [0, 0.1) is 11.3 Å². The Hall–Kier alpha value is -1.67. The minimum atomic E-state index is 0.143. The smallest absolute Gasteiger partial charge is 0.167 e. The summed E-state index contributed by atoms with van der Waals surface area (Å²) in [4.78, 5) is 0. The van der Waals surface area contributed by atoms with Gasteiger partial charge in [0, 0.05) is 12.1 Å². The highest BCUT2D eigenvalue weighted by Gasteiger charge is 2.25. The molecule has 5 heteroatoms. The third kappa shape index (κ3) is 2.69. The number of hydrogen-bond donors (Lipinski definition) is 2. The molecule has 2 unspecified atom stereocenters. The Kier molecular flexibility index (Phi) is 4.33. The number of aromatic nitrogens is 2. The van der Waals surface area contributed by atoms with Crippen molar-refractivity contribution in [3.63, 3.8) is 0 Å². The topological polar surface area (TPSA) is 87.6 Å². The van der Waals surface area contributed by atoms with Gasteiger partial charge in [-0.05, 0) is 37.7 Å². The zero-order valence-electron chi connectivity index (χ0n) is 11.6. The Bertz CT molecular complexity index is 491. The number of nitrogens with two attached hydrogens (primary N) is 1. The van der Waals surface area contributed by atoms with E-state index in [1.165, 1.54) is 0 Å². The van der Waals surface area contributed by atoms with Gasteiger partial charge in [-0.25, -0.2) is 0 Å². The SMILES string of the molecule is CCc1nnc(NC2CCCC2N)c(C#N)c1CC. The largest absolute Gasteiger partial charge is 0.363 e. The number of nitrogens with one attached hydrogen (secondary N) is 1. The van der Waals surface area contributed by atoms with Crippen LogP contribution in [0.25, 0.3) is 0 Å². The lowest BCUT2D eigenvalue weighted by atomic mass is 10.0. The molecule has 1 aliphatic carbocycles. The summed E-state index contributed by atoms with van der Waals surface area (Å²) in [6.45, 7) is 4.08. The fourth-order valence-electron chi connectivity index (χ4n) is 2.74. The Morgan fingerprint density at radius 3 is 2.63 bits per heavy atom. The first-order valence-corrected chi connectivity index (χ1v) is 7.01. The summed E-state index contributed by atoms with van der Waals surface area (Å²) < 4.78 is 0. The van der Waals surface area contributed by atoms with Crippen LogP contribution in [0.3, 0.4) is 0 Å². The number of nitriles is 1. The maximum Gasteiger partial charge on any atom is 0.167 e. The van der Waals surface area contributed by atoms with E-state index in [4.69, 9.17) is 5.73 Å². The lowest BCUT2D eigenvalue weighted by Crippen LogP contribution is -2.36. The highest BCUT2D eigenvalue weighted by Crippen LogP contribution is 2.25. The first kappa shape index (κ1) is 13.8. The number of anilines is 1. The average Bonchev–Trinajstić information content (AvgIpc) is 2.83. The quantitative estimate of drug-likeness (QED) is 0.860. The zero-order valence-corrected chi connectivity index (χ0v) is 11.6. The molecule has 0 radical (unpaired) electrons. The molecule has 3 N–H and O–H groups in total. The number of hydrogen-bond acceptors (Lipinski definition) is 5. The minimum absolute atomic E-state index is 0.143. The van der Waals surface area contributed by atoms with Crippen molar-refractivity contribution in [3.05, 3.63) is 16.8 Å². The van der Waals surface area contributed by atoms with Crippen molar-refractivity contribution >= 4 is 5.82 Å². The lowest BCUT2D eigenvalue weighted by Gasteiger charge is -2.19. The maximum atomic E-state index is 9.40. The molecule has 1 fully saturated rings. The molecule has 102 valence electrons. The highest BCUT2D eigenvalue weighted by atomic mass is 15.2. The van der Waals surface area contributed by atoms with Gasteiger partial charge in [0.05, 0.1) is 5.69 Å². The molecule has 0 aliphatic heterocycles. The first-order valence-electron chi connectivity index (χ1n) is 7.01. The van der Waals surface area contributed by atoms with Gasteiger partial charge in [0.15, 0.2) is 5.82 Å². The standard InChI is InChI=1S/C14H21N5/c1-3-9-10(8-15)14(19-18-12(9)4-2)17-13-7-5-6-11(13)16/h11,13H,3-7,16H2,1-2H3,(H,17,19). The van der Waals surface area contributed by atoms with Gasteiger partial charge < -0.3 is 11.1 Å². The lowest BCUT2D eigenvalue weighted by molar-refractivity contribution is 0.633. The van der Waals surface area contributed by atoms with Crippen LogP contribution >= 0.6 is 0 Å². The minimum Gasteiger partial charge on any atom is -0.363 e. The van der Waals surface area contributed by atoms with Gasteiger partial charge in [-0.1, -0.05) is 13.8 Å². The van der Waals surface area contributed by atoms with E-state index < -0.39 is 0 Å². The number of nitrogens with zero attached hydrogens (tertiary/aromatic N) is 3. The Morgan fingerprint density at radius 1 is 1.32 bits per heavy atom. The van der Waals surface area contributed by atoms with Crippen molar-refractivity contribution < 1.29 is 0 Å². The number of aryl methyl sites for hydroxylation is 1. The summed E-state index contributed by atoms with van der Waals surface area (Å²) in [6.07, 6.45) is 4.79. The van der Waals surface area contributed by atoms with Crippen LogP contribution in [0.4, 0.5) is 5.82 Å². The second-order valence-corrected chi connectivity index (χ2v) is 5.01. The third-order valence-corrected chi connectivity index (χ3v) is 3.85. The second kappa shape index (κ2) is 5.98. The van der Waals surface area contributed by atoms with Crippen LogP contribution in [-0.2, 0) is 12.8 Å². The normalized spacial score (nSPS) is 22.2. The summed E-state index contributed by atoms with van der Waals surface area (Å²) >= 11 is 0. The zero-order chi connectivity index (χ0) is 13.8. The van der Waals surface area contributed by atoms with Crippen molar-refractivity contribution in [1.29, 1.82) is 5.26 Å². The predicted octanol–water partition coefficient (Wildman–Crippen LogP) is 1.76. The van der Waals surface area contributed by atoms with E-state index in [0.29, 0.717) is 11.4 Å². The molecule has 1 saturated carbocycles. The molecule has 19 heavy (non-hydrogen) atoms. The number of rotatable bonds is 4. The molecule has 0 saturated heterocycles. The van der Waals surface area contributed by atoms with E-state index in [-0.39, 0.29) is 12.1 Å². The second-order valence-electron chi connectivity index (χ2n) is 5.01. The molecule has 5 nitrogen and oxygen atoms in total. The molecule has 1 aliphatic rings. The molecule has 0 amide bonds. The first-order chi connectivity index (χ1) is 9.21. The average molecular weight is 259 g/mol. The van der Waals surface area contributed by atoms with Gasteiger partial charge in [-0.3, -0.25) is 0 Å². The fraction of sp³-hybridized carbons (Fsp3) is 0.643. The van der Waals surface area contributed by atoms with E-state index in [9.17, 15) is 5.26 Å². The Labute approximate surface area is 114 Å². The molecule has 0 aromatic carbocycles. The van der Waals surface area contributed by atoms with Crippen molar-refractivity contribution in [3.8, 4) is 6.07 Å². The molecule has 1 heterocycles. The van der Waals surface area contributed by atoms with Crippen LogP contribution in [0.5, 0.6) is 0 Å². The van der Waals surface area contributed by atoms with Gasteiger partial charge in [-0.15, -0.1) is 5.10 Å². The summed E-state index contributed by atoms with van der Waals surface area (Å²) in [7, 11) is 0. The van der Waals surface area contributed by atoms with Gasteiger partial charge in [0.1, 0.15) is 11.6 Å². The van der Waals surface area contributed by atoms with Gasteiger partial charge in [0.25, 0.3) is 0 Å². The van der Waals surface area contributed by atoms with E-state index in [1.54, 1.807) is 0 Å². The highest BCUT2D eigenvalue weighted by molar-refractivity contribution is 5.57. The van der Waals surface area contributed by atoms with Crippen molar-refractivity contribution in [1.82, 2.24) is 10.2 Å². The molecule has 2 rings (SSSR count). The summed E-state index contributed by atoms with van der Waals surface area (Å²) in [5.74, 6) is 0.596. The van der Waals surface area contributed by atoms with Crippen molar-refractivity contribution in [2.24, 2.45) is 5.73 Å². The molecule has 0 spiro atoms. The Balaban J connectivity index is 2.33. The fourth-order valence-corrected chi connectivity index (χ4v) is 2.74. The van der Waals surface area contributed by atoms with Crippen molar-refractivity contribution in [2.45, 2.75) is 58.0 Å².